The molecule has 2 heterocycles. The van der Waals surface area contributed by atoms with Gasteiger partial charge in [-0.1, -0.05) is 12.8 Å². The highest BCUT2D eigenvalue weighted by Crippen LogP contribution is 2.38. The number of rotatable bonds is 3. The summed E-state index contributed by atoms with van der Waals surface area (Å²) < 4.78 is 2.27. The quantitative estimate of drug-likeness (QED) is 0.897. The molecule has 1 aliphatic rings. The lowest BCUT2D eigenvalue weighted by Crippen LogP contribution is -2.38. The topological polar surface area (TPSA) is 56.7 Å². The minimum atomic E-state index is 0.0646. The van der Waals surface area contributed by atoms with Crippen LogP contribution in [-0.2, 0) is 5.54 Å². The van der Waals surface area contributed by atoms with Crippen LogP contribution in [0.15, 0.2) is 37.1 Å². The van der Waals surface area contributed by atoms with E-state index >= 15 is 0 Å². The fourth-order valence-electron chi connectivity index (χ4n) is 2.99. The third kappa shape index (κ3) is 1.73. The smallest absolute Gasteiger partial charge is 0.0956 e. The summed E-state index contributed by atoms with van der Waals surface area (Å²) >= 11 is 0. The van der Waals surface area contributed by atoms with Gasteiger partial charge in [0.1, 0.15) is 0 Å². The third-order valence-corrected chi connectivity index (χ3v) is 4.04. The van der Waals surface area contributed by atoms with Crippen LogP contribution < -0.4 is 5.73 Å². The number of nitrogens with two attached hydrogens (primary N) is 1. The van der Waals surface area contributed by atoms with Crippen molar-refractivity contribution in [2.45, 2.75) is 31.2 Å². The summed E-state index contributed by atoms with van der Waals surface area (Å²) in [5.74, 6) is 0. The number of hydrogen-bond acceptors (Lipinski definition) is 3. The van der Waals surface area contributed by atoms with Crippen LogP contribution in [0.1, 0.15) is 25.7 Å². The zero-order valence-electron chi connectivity index (χ0n) is 10.4. The molecule has 0 atom stereocenters. The minimum Gasteiger partial charge on any atom is -0.328 e. The van der Waals surface area contributed by atoms with Crippen LogP contribution in [0.2, 0.25) is 0 Å². The maximum Gasteiger partial charge on any atom is 0.0956 e. The van der Waals surface area contributed by atoms with Crippen molar-refractivity contribution in [1.82, 2.24) is 14.5 Å². The minimum absolute atomic E-state index is 0.0646. The van der Waals surface area contributed by atoms with Gasteiger partial charge in [0.15, 0.2) is 0 Å². The fraction of sp³-hybridized carbons (Fsp3) is 0.429. The molecule has 1 saturated carbocycles. The Hall–Kier alpha value is -1.68. The highest BCUT2D eigenvalue weighted by molar-refractivity contribution is 5.58. The van der Waals surface area contributed by atoms with E-state index in [1.807, 2.05) is 37.1 Å². The van der Waals surface area contributed by atoms with E-state index in [1.165, 1.54) is 12.8 Å². The molecule has 4 heteroatoms. The SMILES string of the molecule is NCC1(n2cncc2-c2ccncc2)CCCC1. The first-order valence-electron chi connectivity index (χ1n) is 6.49. The Balaban J connectivity index is 2.06. The lowest BCUT2D eigenvalue weighted by Gasteiger charge is -2.31. The van der Waals surface area contributed by atoms with Crippen LogP contribution in [0, 0.1) is 0 Å². The summed E-state index contributed by atoms with van der Waals surface area (Å²) in [6, 6.07) is 4.04. The first kappa shape index (κ1) is 11.4. The van der Waals surface area contributed by atoms with Crippen molar-refractivity contribution in [2.24, 2.45) is 5.73 Å². The maximum atomic E-state index is 6.05. The van der Waals surface area contributed by atoms with Gasteiger partial charge in [-0.25, -0.2) is 4.98 Å². The average Bonchev–Trinajstić information content (AvgIpc) is 3.09. The Kier molecular flexibility index (Phi) is 2.88. The summed E-state index contributed by atoms with van der Waals surface area (Å²) in [5, 5.41) is 0. The van der Waals surface area contributed by atoms with Crippen molar-refractivity contribution in [3.8, 4) is 11.3 Å². The van der Waals surface area contributed by atoms with Gasteiger partial charge in [-0.05, 0) is 25.0 Å². The zero-order valence-corrected chi connectivity index (χ0v) is 10.4. The Morgan fingerprint density at radius 3 is 2.56 bits per heavy atom. The first-order valence-corrected chi connectivity index (χ1v) is 6.49. The Labute approximate surface area is 107 Å². The van der Waals surface area contributed by atoms with Gasteiger partial charge in [-0.15, -0.1) is 0 Å². The molecule has 0 bridgehead atoms. The Morgan fingerprint density at radius 1 is 1.17 bits per heavy atom. The highest BCUT2D eigenvalue weighted by Gasteiger charge is 2.35. The number of aromatic nitrogens is 3. The molecule has 0 radical (unpaired) electrons. The fourth-order valence-corrected chi connectivity index (χ4v) is 2.99. The molecule has 4 nitrogen and oxygen atoms in total. The summed E-state index contributed by atoms with van der Waals surface area (Å²) in [6.07, 6.45) is 12.3. The molecule has 0 amide bonds. The molecule has 94 valence electrons. The van der Waals surface area contributed by atoms with E-state index in [0.717, 1.165) is 24.1 Å². The van der Waals surface area contributed by atoms with Gasteiger partial charge in [-0.3, -0.25) is 4.98 Å². The molecule has 18 heavy (non-hydrogen) atoms. The van der Waals surface area contributed by atoms with Crippen LogP contribution in [0.3, 0.4) is 0 Å². The van der Waals surface area contributed by atoms with E-state index in [2.05, 4.69) is 14.5 Å². The molecule has 1 aliphatic carbocycles. The monoisotopic (exact) mass is 242 g/mol. The molecule has 2 aromatic rings. The van der Waals surface area contributed by atoms with Gasteiger partial charge in [-0.2, -0.15) is 0 Å². The molecular weight excluding hydrogens is 224 g/mol. The largest absolute Gasteiger partial charge is 0.328 e. The molecule has 0 unspecified atom stereocenters. The van der Waals surface area contributed by atoms with Gasteiger partial charge in [0.2, 0.25) is 0 Å². The molecule has 0 aliphatic heterocycles. The van der Waals surface area contributed by atoms with Crippen molar-refractivity contribution < 1.29 is 0 Å². The predicted molar refractivity (Wildman–Crippen MR) is 71.0 cm³/mol. The molecule has 1 fully saturated rings. The van der Waals surface area contributed by atoms with Gasteiger partial charge in [0, 0.05) is 24.5 Å². The zero-order chi connectivity index (χ0) is 12.4. The third-order valence-electron chi connectivity index (χ3n) is 4.04. The van der Waals surface area contributed by atoms with Crippen LogP contribution in [0.25, 0.3) is 11.3 Å². The lowest BCUT2D eigenvalue weighted by atomic mass is 9.96. The maximum absolute atomic E-state index is 6.05. The molecule has 2 N–H and O–H groups in total. The predicted octanol–water partition coefficient (Wildman–Crippen LogP) is 2.17. The van der Waals surface area contributed by atoms with Crippen molar-refractivity contribution in [2.75, 3.05) is 6.54 Å². The molecule has 2 aromatic heterocycles. The second-order valence-electron chi connectivity index (χ2n) is 5.02. The molecule has 0 aromatic carbocycles. The van der Waals surface area contributed by atoms with E-state index in [4.69, 9.17) is 5.73 Å². The van der Waals surface area contributed by atoms with E-state index in [-0.39, 0.29) is 5.54 Å². The number of hydrogen-bond donors (Lipinski definition) is 1. The van der Waals surface area contributed by atoms with Crippen LogP contribution in [0.5, 0.6) is 0 Å². The van der Waals surface area contributed by atoms with Crippen molar-refractivity contribution in [1.29, 1.82) is 0 Å². The number of pyridine rings is 1. The highest BCUT2D eigenvalue weighted by atomic mass is 15.1. The van der Waals surface area contributed by atoms with Crippen LogP contribution in [0.4, 0.5) is 0 Å². The van der Waals surface area contributed by atoms with E-state index < -0.39 is 0 Å². The van der Waals surface area contributed by atoms with E-state index in [0.29, 0.717) is 6.54 Å². The Bertz CT molecular complexity index is 512. The molecule has 3 rings (SSSR count). The lowest BCUT2D eigenvalue weighted by molar-refractivity contribution is 0.307. The van der Waals surface area contributed by atoms with Crippen LogP contribution in [-0.4, -0.2) is 21.1 Å². The van der Waals surface area contributed by atoms with E-state index in [1.54, 1.807) is 0 Å². The number of nitrogens with zero attached hydrogens (tertiary/aromatic N) is 3. The van der Waals surface area contributed by atoms with Gasteiger partial charge >= 0.3 is 0 Å². The molecular formula is C14H18N4. The van der Waals surface area contributed by atoms with E-state index in [9.17, 15) is 0 Å². The first-order chi connectivity index (χ1) is 8.86. The normalized spacial score (nSPS) is 18.1. The Morgan fingerprint density at radius 2 is 1.89 bits per heavy atom. The molecule has 0 saturated heterocycles. The average molecular weight is 242 g/mol. The van der Waals surface area contributed by atoms with Gasteiger partial charge in [0.25, 0.3) is 0 Å². The summed E-state index contributed by atoms with van der Waals surface area (Å²) in [5.41, 5.74) is 8.41. The molecule has 0 spiro atoms. The number of imidazole rings is 1. The van der Waals surface area contributed by atoms with Gasteiger partial charge < -0.3 is 10.3 Å². The van der Waals surface area contributed by atoms with Gasteiger partial charge in [0.05, 0.1) is 23.8 Å². The van der Waals surface area contributed by atoms with Crippen molar-refractivity contribution in [3.05, 3.63) is 37.1 Å². The summed E-state index contributed by atoms with van der Waals surface area (Å²) in [4.78, 5) is 8.39. The standard InChI is InChI=1S/C14H18N4/c15-10-14(5-1-2-6-14)18-11-17-9-13(18)12-3-7-16-8-4-12/h3-4,7-9,11H,1-2,5-6,10,15H2. The van der Waals surface area contributed by atoms with Crippen molar-refractivity contribution >= 4 is 0 Å². The second-order valence-corrected chi connectivity index (χ2v) is 5.02. The second kappa shape index (κ2) is 4.53. The summed E-state index contributed by atoms with van der Waals surface area (Å²) in [6.45, 7) is 0.682. The summed E-state index contributed by atoms with van der Waals surface area (Å²) in [7, 11) is 0. The van der Waals surface area contributed by atoms with Crippen molar-refractivity contribution in [3.63, 3.8) is 0 Å². The van der Waals surface area contributed by atoms with Crippen LogP contribution >= 0.6 is 0 Å².